The first kappa shape index (κ1) is 31.9. The van der Waals surface area contributed by atoms with E-state index in [0.717, 1.165) is 18.4 Å². The minimum atomic E-state index is -2.13. The highest BCUT2D eigenvalue weighted by molar-refractivity contribution is 5.36. The van der Waals surface area contributed by atoms with E-state index >= 15 is 0 Å². The van der Waals surface area contributed by atoms with E-state index in [4.69, 9.17) is 0 Å². The molecular formula is C28H46F3N3. The molecule has 1 aliphatic rings. The van der Waals surface area contributed by atoms with Gasteiger partial charge in [-0.15, -0.1) is 0 Å². The van der Waals surface area contributed by atoms with Gasteiger partial charge in [0.25, 0.3) is 0 Å². The lowest BCUT2D eigenvalue weighted by Gasteiger charge is -2.10. The number of hydrogen-bond donors (Lipinski definition) is 0. The van der Waals surface area contributed by atoms with Gasteiger partial charge in [0.05, 0.1) is 6.04 Å². The Hall–Kier alpha value is -2.11. The van der Waals surface area contributed by atoms with Gasteiger partial charge in [0.1, 0.15) is 0 Å². The molecule has 0 saturated heterocycles. The van der Waals surface area contributed by atoms with Crippen LogP contribution in [0.15, 0.2) is 36.9 Å². The second-order valence-corrected chi connectivity index (χ2v) is 8.27. The minimum Gasteiger partial charge on any atom is -0.239 e. The van der Waals surface area contributed by atoms with Crippen LogP contribution in [0.5, 0.6) is 0 Å². The largest absolute Gasteiger partial charge is 0.241 e. The summed E-state index contributed by atoms with van der Waals surface area (Å²) in [6.45, 7) is 15.7. The van der Waals surface area contributed by atoms with Crippen LogP contribution in [0.25, 0.3) is 6.08 Å². The molecule has 0 N–H and O–H groups in total. The smallest absolute Gasteiger partial charge is 0.239 e. The molecule has 0 amide bonds. The van der Waals surface area contributed by atoms with E-state index in [9.17, 15) is 13.2 Å². The van der Waals surface area contributed by atoms with Gasteiger partial charge in [-0.2, -0.15) is 5.10 Å². The van der Waals surface area contributed by atoms with E-state index in [1.54, 1.807) is 17.7 Å². The van der Waals surface area contributed by atoms with Crippen molar-refractivity contribution in [2.45, 2.75) is 112 Å². The number of halogens is 3. The Morgan fingerprint density at radius 1 is 1.03 bits per heavy atom. The maximum atomic E-state index is 13.8. The van der Waals surface area contributed by atoms with Gasteiger partial charge in [-0.1, -0.05) is 117 Å². The molecule has 0 bridgehead atoms. The second kappa shape index (κ2) is 19.2. The molecule has 2 heterocycles. The van der Waals surface area contributed by atoms with Crippen LogP contribution in [0, 0.1) is 5.92 Å². The van der Waals surface area contributed by atoms with Crippen molar-refractivity contribution in [2.75, 3.05) is 0 Å². The molecule has 3 atom stereocenters. The number of aromatic nitrogens is 3. The van der Waals surface area contributed by atoms with E-state index in [2.05, 4.69) is 37.4 Å². The summed E-state index contributed by atoms with van der Waals surface area (Å²) in [6, 6.07) is 9.77. The van der Waals surface area contributed by atoms with Crippen molar-refractivity contribution in [1.29, 1.82) is 0 Å². The number of nitrogens with zero attached hydrogens (tertiary/aromatic N) is 3. The van der Waals surface area contributed by atoms with Gasteiger partial charge in [0.2, 0.25) is 6.43 Å². The zero-order chi connectivity index (χ0) is 25.9. The van der Waals surface area contributed by atoms with Crippen molar-refractivity contribution in [1.82, 2.24) is 14.8 Å². The van der Waals surface area contributed by atoms with E-state index < -0.39 is 18.5 Å². The minimum absolute atomic E-state index is 0.0533. The standard InChI is InChI=1S/C13H12FN3.C9H18F2.C4H10.C2H6/c1-2-12-15-13-10(14)8-11(17(13)16-12)9-6-4-3-5-7-9;1-3-4-5-6-7-8(2)9(10)11;1-3-4-2;1-2/h2-7,10-11H,1,8H2;8-9H,3-7H2,1-2H3;3-4H2,1-2H3;1-2H3. The van der Waals surface area contributed by atoms with Gasteiger partial charge in [0.15, 0.2) is 17.8 Å². The molecule has 34 heavy (non-hydrogen) atoms. The Kier molecular flexibility index (Phi) is 18.0. The summed E-state index contributed by atoms with van der Waals surface area (Å²) in [4.78, 5) is 4.12. The molecule has 0 spiro atoms. The monoisotopic (exact) mass is 481 g/mol. The van der Waals surface area contributed by atoms with Crippen molar-refractivity contribution in [3.63, 3.8) is 0 Å². The highest BCUT2D eigenvalue weighted by atomic mass is 19.3. The molecule has 3 nitrogen and oxygen atoms in total. The molecule has 2 aromatic rings. The zero-order valence-corrected chi connectivity index (χ0v) is 22.1. The summed E-state index contributed by atoms with van der Waals surface area (Å²) in [6.07, 6.45) is 6.51. The molecule has 0 aliphatic carbocycles. The third-order valence-corrected chi connectivity index (χ3v) is 5.49. The van der Waals surface area contributed by atoms with Crippen LogP contribution in [-0.2, 0) is 0 Å². The zero-order valence-electron chi connectivity index (χ0n) is 22.1. The van der Waals surface area contributed by atoms with Gasteiger partial charge in [0, 0.05) is 12.3 Å². The first-order chi connectivity index (χ1) is 16.4. The van der Waals surface area contributed by atoms with Crippen LogP contribution in [0.2, 0.25) is 0 Å². The number of benzene rings is 1. The van der Waals surface area contributed by atoms with Gasteiger partial charge < -0.3 is 0 Å². The molecule has 1 aromatic carbocycles. The van der Waals surface area contributed by atoms with Crippen molar-refractivity contribution in [3.05, 3.63) is 54.1 Å². The fourth-order valence-electron chi connectivity index (χ4n) is 3.25. The molecule has 3 unspecified atom stereocenters. The second-order valence-electron chi connectivity index (χ2n) is 8.27. The highest BCUT2D eigenvalue weighted by Gasteiger charge is 2.34. The Balaban J connectivity index is 0.000000556. The van der Waals surface area contributed by atoms with Crippen molar-refractivity contribution < 1.29 is 13.2 Å². The maximum Gasteiger partial charge on any atom is 0.241 e. The lowest BCUT2D eigenvalue weighted by Crippen LogP contribution is -2.07. The normalized spacial score (nSPS) is 16.8. The van der Waals surface area contributed by atoms with Crippen LogP contribution in [0.3, 0.4) is 0 Å². The van der Waals surface area contributed by atoms with E-state index in [0.29, 0.717) is 24.5 Å². The van der Waals surface area contributed by atoms with Crippen LogP contribution < -0.4 is 0 Å². The Morgan fingerprint density at radius 3 is 2.15 bits per heavy atom. The molecule has 194 valence electrons. The topological polar surface area (TPSA) is 30.7 Å². The van der Waals surface area contributed by atoms with Gasteiger partial charge in [-0.3, -0.25) is 0 Å². The Bertz CT molecular complexity index is 745. The number of hydrogen-bond acceptors (Lipinski definition) is 2. The summed E-state index contributed by atoms with van der Waals surface area (Å²) >= 11 is 0. The number of alkyl halides is 3. The summed E-state index contributed by atoms with van der Waals surface area (Å²) < 4.78 is 39.4. The molecule has 6 heteroatoms. The van der Waals surface area contributed by atoms with Gasteiger partial charge in [-0.05, 0) is 18.1 Å². The number of fused-ring (bicyclic) bond motifs is 1. The predicted octanol–water partition coefficient (Wildman–Crippen LogP) is 9.62. The Morgan fingerprint density at radius 2 is 1.65 bits per heavy atom. The molecule has 3 rings (SSSR count). The first-order valence-corrected chi connectivity index (χ1v) is 12.9. The fraction of sp³-hybridized carbons (Fsp3) is 0.643. The SMILES string of the molecule is C=Cc1nc2n(n1)C(c1ccccc1)CC2F.CC.CCCC.CCCCCCC(C)C(F)F. The maximum absolute atomic E-state index is 13.8. The average Bonchev–Trinajstić information content (AvgIpc) is 3.44. The van der Waals surface area contributed by atoms with Crippen molar-refractivity contribution >= 4 is 6.08 Å². The van der Waals surface area contributed by atoms with Gasteiger partial charge >= 0.3 is 0 Å². The van der Waals surface area contributed by atoms with Crippen LogP contribution in [-0.4, -0.2) is 21.2 Å². The quantitative estimate of drug-likeness (QED) is 0.334. The van der Waals surface area contributed by atoms with E-state index in [1.807, 2.05) is 44.2 Å². The molecule has 0 saturated carbocycles. The molecule has 1 aromatic heterocycles. The summed E-state index contributed by atoms with van der Waals surface area (Å²) in [7, 11) is 0. The lowest BCUT2D eigenvalue weighted by molar-refractivity contribution is 0.0805. The predicted molar refractivity (Wildman–Crippen MR) is 139 cm³/mol. The average molecular weight is 482 g/mol. The third kappa shape index (κ3) is 11.3. The summed E-state index contributed by atoms with van der Waals surface area (Å²) in [5.41, 5.74) is 1.06. The van der Waals surface area contributed by atoms with Crippen LogP contribution in [0.1, 0.15) is 122 Å². The molecule has 1 aliphatic heterocycles. The highest BCUT2D eigenvalue weighted by Crippen LogP contribution is 2.39. The fourth-order valence-corrected chi connectivity index (χ4v) is 3.25. The first-order valence-electron chi connectivity index (χ1n) is 12.9. The van der Waals surface area contributed by atoms with Crippen LogP contribution in [0.4, 0.5) is 13.2 Å². The number of rotatable bonds is 9. The van der Waals surface area contributed by atoms with E-state index in [-0.39, 0.29) is 6.04 Å². The number of unbranched alkanes of at least 4 members (excludes halogenated alkanes) is 4. The van der Waals surface area contributed by atoms with Gasteiger partial charge in [-0.25, -0.2) is 22.8 Å². The lowest BCUT2D eigenvalue weighted by atomic mass is 10.0. The molecular weight excluding hydrogens is 435 g/mol. The van der Waals surface area contributed by atoms with E-state index in [1.165, 1.54) is 25.7 Å². The van der Waals surface area contributed by atoms with Crippen molar-refractivity contribution in [2.24, 2.45) is 5.92 Å². The summed E-state index contributed by atoms with van der Waals surface area (Å²) in [5.74, 6) is 0.490. The van der Waals surface area contributed by atoms with Crippen molar-refractivity contribution in [3.8, 4) is 0 Å². The molecule has 0 fully saturated rings. The summed E-state index contributed by atoms with van der Waals surface area (Å²) in [5, 5.41) is 4.26. The van der Waals surface area contributed by atoms with Crippen LogP contribution >= 0.6 is 0 Å². The third-order valence-electron chi connectivity index (χ3n) is 5.49. The Labute approximate surface area is 205 Å². The molecule has 0 radical (unpaired) electrons.